The third-order valence-corrected chi connectivity index (χ3v) is 4.31. The average molecular weight is 363 g/mol. The summed E-state index contributed by atoms with van der Waals surface area (Å²) in [6, 6.07) is 0. The normalized spacial score (nSPS) is 14.3. The lowest BCUT2D eigenvalue weighted by Gasteiger charge is -2.26. The lowest BCUT2D eigenvalue weighted by molar-refractivity contribution is -0.256. The Labute approximate surface area is 152 Å². The number of carbonyl (C=O) groups excluding carboxylic acids is 1. The van der Waals surface area contributed by atoms with Crippen molar-refractivity contribution in [1.82, 2.24) is 0 Å². The van der Waals surface area contributed by atoms with E-state index in [0.717, 1.165) is 26.2 Å². The minimum Gasteiger partial charge on any atom is -0.427 e. The van der Waals surface area contributed by atoms with Crippen molar-refractivity contribution in [2.45, 2.75) is 109 Å². The smallest absolute Gasteiger partial charge is 0.369 e. The number of esters is 1. The number of aliphatic hydroxyl groups is 4. The molecular weight excluding hydrogens is 324 g/mol. The monoisotopic (exact) mass is 362 g/mol. The van der Waals surface area contributed by atoms with Crippen molar-refractivity contribution < 1.29 is 30.0 Å². The van der Waals surface area contributed by atoms with Gasteiger partial charge in [0.2, 0.25) is 5.79 Å². The number of hydrogen-bond acceptors (Lipinski definition) is 6. The number of aliphatic hydroxyl groups excluding tert-OH is 1. The summed E-state index contributed by atoms with van der Waals surface area (Å²) in [5.41, 5.74) is 0. The van der Waals surface area contributed by atoms with Crippen LogP contribution in [-0.4, -0.2) is 44.6 Å². The summed E-state index contributed by atoms with van der Waals surface area (Å²) in [5, 5.41) is 37.6. The van der Waals surface area contributed by atoms with Gasteiger partial charge in [-0.25, -0.2) is 4.79 Å². The molecule has 150 valence electrons. The van der Waals surface area contributed by atoms with Gasteiger partial charge in [0.1, 0.15) is 6.61 Å². The van der Waals surface area contributed by atoms with Crippen molar-refractivity contribution in [1.29, 1.82) is 0 Å². The molecule has 0 heterocycles. The Morgan fingerprint density at radius 2 is 1.20 bits per heavy atom. The molecule has 0 saturated carbocycles. The molecule has 0 aliphatic rings. The second kappa shape index (κ2) is 13.5. The van der Waals surface area contributed by atoms with Crippen LogP contribution in [0.2, 0.25) is 0 Å². The van der Waals surface area contributed by atoms with Crippen molar-refractivity contribution in [3.05, 3.63) is 0 Å². The number of hydrogen-bond donors (Lipinski definition) is 4. The van der Waals surface area contributed by atoms with Gasteiger partial charge >= 0.3 is 5.97 Å². The molecule has 0 fully saturated rings. The minimum absolute atomic E-state index is 0.148. The molecular formula is C19H38O6. The van der Waals surface area contributed by atoms with Crippen molar-refractivity contribution in [2.24, 2.45) is 0 Å². The highest BCUT2D eigenvalue weighted by Crippen LogP contribution is 2.18. The van der Waals surface area contributed by atoms with Crippen LogP contribution in [-0.2, 0) is 9.53 Å². The Balaban J connectivity index is 3.62. The first-order chi connectivity index (χ1) is 11.7. The lowest BCUT2D eigenvalue weighted by Crippen LogP contribution is -2.46. The van der Waals surface area contributed by atoms with Crippen LogP contribution < -0.4 is 0 Å². The second-order valence-electron chi connectivity index (χ2n) is 7.18. The molecule has 0 saturated heterocycles. The van der Waals surface area contributed by atoms with Crippen LogP contribution in [0.5, 0.6) is 0 Å². The highest BCUT2D eigenvalue weighted by Gasteiger charge is 2.38. The van der Waals surface area contributed by atoms with Crippen LogP contribution in [0.15, 0.2) is 0 Å². The van der Waals surface area contributed by atoms with Crippen molar-refractivity contribution in [3.63, 3.8) is 0 Å². The van der Waals surface area contributed by atoms with E-state index in [1.807, 2.05) is 0 Å². The molecule has 0 aromatic rings. The van der Waals surface area contributed by atoms with Gasteiger partial charge in [-0.05, 0) is 6.42 Å². The maximum Gasteiger partial charge on any atom is 0.369 e. The first-order valence-corrected chi connectivity index (χ1v) is 9.76. The molecule has 4 N–H and O–H groups in total. The molecule has 0 rings (SSSR count). The number of rotatable bonds is 16. The summed E-state index contributed by atoms with van der Waals surface area (Å²) in [6.45, 7) is 2.48. The number of unbranched alkanes of at least 4 members (excludes halogenated alkanes) is 11. The van der Waals surface area contributed by atoms with E-state index >= 15 is 0 Å². The van der Waals surface area contributed by atoms with E-state index in [1.165, 1.54) is 51.4 Å². The molecule has 0 amide bonds. The van der Waals surface area contributed by atoms with Crippen LogP contribution in [0, 0.1) is 0 Å². The van der Waals surface area contributed by atoms with Gasteiger partial charge in [-0.1, -0.05) is 77.6 Å². The Morgan fingerprint density at radius 1 is 0.800 bits per heavy atom. The van der Waals surface area contributed by atoms with E-state index in [2.05, 4.69) is 11.7 Å². The Hall–Kier alpha value is -0.690. The van der Waals surface area contributed by atoms with Gasteiger partial charge in [-0.2, -0.15) is 0 Å². The van der Waals surface area contributed by atoms with Gasteiger partial charge in [-0.3, -0.25) is 0 Å². The van der Waals surface area contributed by atoms with Gasteiger partial charge in [-0.15, -0.1) is 0 Å². The highest BCUT2D eigenvalue weighted by atomic mass is 16.7. The quantitative estimate of drug-likeness (QED) is 0.191. The van der Waals surface area contributed by atoms with Crippen molar-refractivity contribution >= 4 is 5.97 Å². The van der Waals surface area contributed by atoms with Crippen LogP contribution in [0.1, 0.15) is 97.3 Å². The van der Waals surface area contributed by atoms with Crippen LogP contribution >= 0.6 is 0 Å². The zero-order valence-electron chi connectivity index (χ0n) is 16.0. The molecule has 1 atom stereocenters. The minimum atomic E-state index is -2.63. The van der Waals surface area contributed by atoms with Gasteiger partial charge in [0.15, 0.2) is 0 Å². The fourth-order valence-electron chi connectivity index (χ4n) is 2.63. The molecule has 1 unspecified atom stereocenters. The van der Waals surface area contributed by atoms with Gasteiger partial charge in [0.25, 0.3) is 5.79 Å². The fourth-order valence-corrected chi connectivity index (χ4v) is 2.63. The Kier molecular flexibility index (Phi) is 13.1. The first-order valence-electron chi connectivity index (χ1n) is 9.76. The maximum absolute atomic E-state index is 11.6. The Morgan fingerprint density at radius 3 is 1.60 bits per heavy atom. The number of ether oxygens (including phenoxy) is 1. The second-order valence-corrected chi connectivity index (χ2v) is 7.18. The summed E-state index contributed by atoms with van der Waals surface area (Å²) in [5.74, 6) is -6.07. The molecule has 0 bridgehead atoms. The predicted molar refractivity (Wildman–Crippen MR) is 96.7 cm³/mol. The summed E-state index contributed by atoms with van der Waals surface area (Å²) in [4.78, 5) is 11.6. The molecule has 0 aliphatic heterocycles. The molecule has 0 spiro atoms. The third kappa shape index (κ3) is 13.2. The van der Waals surface area contributed by atoms with E-state index in [9.17, 15) is 20.1 Å². The zero-order valence-corrected chi connectivity index (χ0v) is 16.0. The molecule has 6 heteroatoms. The van der Waals surface area contributed by atoms with Gasteiger partial charge < -0.3 is 25.2 Å². The van der Waals surface area contributed by atoms with E-state index in [0.29, 0.717) is 6.42 Å². The molecule has 0 aromatic heterocycles. The Bertz CT molecular complexity index is 341. The molecule has 0 aliphatic carbocycles. The summed E-state index contributed by atoms with van der Waals surface area (Å²) in [6.07, 6.45) is 13.6. The maximum atomic E-state index is 11.6. The molecule has 0 radical (unpaired) electrons. The van der Waals surface area contributed by atoms with Crippen LogP contribution in [0.25, 0.3) is 0 Å². The number of carbonyl (C=O) groups is 1. The first kappa shape index (κ1) is 24.3. The molecule has 25 heavy (non-hydrogen) atoms. The largest absolute Gasteiger partial charge is 0.427 e. The highest BCUT2D eigenvalue weighted by molar-refractivity contribution is 5.77. The van der Waals surface area contributed by atoms with Gasteiger partial charge in [0, 0.05) is 13.3 Å². The topological polar surface area (TPSA) is 107 Å². The zero-order chi connectivity index (χ0) is 19.2. The molecule has 6 nitrogen and oxygen atoms in total. The summed E-state index contributed by atoms with van der Waals surface area (Å²) >= 11 is 0. The fraction of sp³-hybridized carbons (Fsp3) is 0.947. The SMILES string of the molecule is CCCCCCCCCCCCCCC(O)(O)C(=O)OC(C)(O)CO. The molecule has 0 aromatic carbocycles. The predicted octanol–water partition coefficient (Wildman–Crippen LogP) is 3.00. The van der Waals surface area contributed by atoms with Crippen LogP contribution in [0.4, 0.5) is 0 Å². The van der Waals surface area contributed by atoms with Crippen molar-refractivity contribution in [3.8, 4) is 0 Å². The summed E-state index contributed by atoms with van der Waals surface area (Å²) < 4.78 is 4.48. The third-order valence-electron chi connectivity index (χ3n) is 4.31. The van der Waals surface area contributed by atoms with E-state index in [4.69, 9.17) is 5.11 Å². The average Bonchev–Trinajstić information content (AvgIpc) is 2.55. The van der Waals surface area contributed by atoms with E-state index in [1.54, 1.807) is 0 Å². The van der Waals surface area contributed by atoms with E-state index in [-0.39, 0.29) is 6.42 Å². The van der Waals surface area contributed by atoms with Gasteiger partial charge in [0.05, 0.1) is 0 Å². The standard InChI is InChI=1S/C19H38O6/c1-3-4-5-6-7-8-9-10-11-12-13-14-15-19(23,24)17(21)25-18(2,22)16-20/h20,22-24H,3-16H2,1-2H3. The lowest BCUT2D eigenvalue weighted by atomic mass is 10.0. The summed E-state index contributed by atoms with van der Waals surface area (Å²) in [7, 11) is 0. The van der Waals surface area contributed by atoms with Crippen LogP contribution in [0.3, 0.4) is 0 Å². The van der Waals surface area contributed by atoms with Crippen molar-refractivity contribution in [2.75, 3.05) is 6.61 Å². The van der Waals surface area contributed by atoms with E-state index < -0.39 is 24.2 Å².